The fourth-order valence-corrected chi connectivity index (χ4v) is 1.72. The number of hydrogen-bond acceptors (Lipinski definition) is 3. The summed E-state index contributed by atoms with van der Waals surface area (Å²) in [6, 6.07) is 14.7. The van der Waals surface area contributed by atoms with Crippen molar-refractivity contribution in [3.63, 3.8) is 0 Å². The van der Waals surface area contributed by atoms with Gasteiger partial charge in [-0.25, -0.2) is 4.98 Å². The average molecular weight is 238 g/mol. The van der Waals surface area contributed by atoms with Crippen molar-refractivity contribution < 1.29 is 9.21 Å². The maximum absolute atomic E-state index is 11.8. The Morgan fingerprint density at radius 3 is 2.78 bits per heavy atom. The normalized spacial score (nSPS) is 10.4. The number of benzene rings is 1. The van der Waals surface area contributed by atoms with E-state index >= 15 is 0 Å². The van der Waals surface area contributed by atoms with E-state index in [1.807, 2.05) is 30.3 Å². The first kappa shape index (κ1) is 10.5. The van der Waals surface area contributed by atoms with E-state index in [1.54, 1.807) is 18.2 Å². The lowest BCUT2D eigenvalue weighted by Crippen LogP contribution is -2.11. The molecule has 0 saturated heterocycles. The van der Waals surface area contributed by atoms with Crippen LogP contribution in [0.3, 0.4) is 0 Å². The van der Waals surface area contributed by atoms with Gasteiger partial charge in [-0.1, -0.05) is 18.2 Å². The second-order valence-electron chi connectivity index (χ2n) is 3.82. The number of amides is 1. The number of rotatable bonds is 2. The van der Waals surface area contributed by atoms with Gasteiger partial charge in [-0.3, -0.25) is 4.79 Å². The van der Waals surface area contributed by atoms with E-state index in [9.17, 15) is 4.79 Å². The topological polar surface area (TPSA) is 55.1 Å². The highest BCUT2D eigenvalue weighted by Crippen LogP contribution is 2.15. The second-order valence-corrected chi connectivity index (χ2v) is 3.82. The van der Waals surface area contributed by atoms with Gasteiger partial charge in [0.1, 0.15) is 5.82 Å². The Bertz CT molecular complexity index is 690. The average Bonchev–Trinajstić information content (AvgIpc) is 2.92. The summed E-state index contributed by atoms with van der Waals surface area (Å²) in [6.07, 6.45) is 1.46. The molecule has 0 fully saturated rings. The molecule has 18 heavy (non-hydrogen) atoms. The molecule has 0 aliphatic carbocycles. The first-order chi connectivity index (χ1) is 8.83. The highest BCUT2D eigenvalue weighted by atomic mass is 16.3. The molecular formula is C14H10N2O2. The number of para-hydroxylation sites is 1. The zero-order chi connectivity index (χ0) is 12.4. The minimum absolute atomic E-state index is 0.268. The number of fused-ring (bicyclic) bond motifs is 1. The van der Waals surface area contributed by atoms with Crippen LogP contribution in [-0.4, -0.2) is 10.9 Å². The van der Waals surface area contributed by atoms with Crippen LogP contribution in [0.25, 0.3) is 10.9 Å². The number of furan rings is 1. The Hall–Kier alpha value is -2.62. The number of anilines is 1. The lowest BCUT2D eigenvalue weighted by atomic mass is 10.2. The molecule has 2 heterocycles. The molecule has 4 heteroatoms. The highest BCUT2D eigenvalue weighted by Gasteiger charge is 2.09. The molecule has 4 nitrogen and oxygen atoms in total. The molecule has 3 aromatic rings. The molecule has 1 amide bonds. The van der Waals surface area contributed by atoms with Gasteiger partial charge in [0.15, 0.2) is 5.76 Å². The third-order valence-corrected chi connectivity index (χ3v) is 2.58. The van der Waals surface area contributed by atoms with Crippen molar-refractivity contribution >= 4 is 22.6 Å². The third kappa shape index (κ3) is 1.96. The zero-order valence-corrected chi connectivity index (χ0v) is 9.46. The van der Waals surface area contributed by atoms with E-state index in [4.69, 9.17) is 4.42 Å². The summed E-state index contributed by atoms with van der Waals surface area (Å²) in [5, 5.41) is 3.73. The van der Waals surface area contributed by atoms with Crippen molar-refractivity contribution in [2.75, 3.05) is 5.32 Å². The van der Waals surface area contributed by atoms with Gasteiger partial charge < -0.3 is 9.73 Å². The second kappa shape index (κ2) is 4.33. The van der Waals surface area contributed by atoms with Gasteiger partial charge in [-0.15, -0.1) is 0 Å². The van der Waals surface area contributed by atoms with Crippen molar-refractivity contribution in [3.05, 3.63) is 60.6 Å². The van der Waals surface area contributed by atoms with Gasteiger partial charge in [0.05, 0.1) is 11.8 Å². The zero-order valence-electron chi connectivity index (χ0n) is 9.46. The van der Waals surface area contributed by atoms with E-state index in [1.165, 1.54) is 6.26 Å². The number of aromatic nitrogens is 1. The minimum atomic E-state index is -0.303. The molecule has 1 aromatic carbocycles. The van der Waals surface area contributed by atoms with Crippen LogP contribution in [0.1, 0.15) is 10.6 Å². The summed E-state index contributed by atoms with van der Waals surface area (Å²) in [6.45, 7) is 0. The third-order valence-electron chi connectivity index (χ3n) is 2.58. The first-order valence-electron chi connectivity index (χ1n) is 5.53. The van der Waals surface area contributed by atoms with E-state index < -0.39 is 0 Å². The van der Waals surface area contributed by atoms with Crippen LogP contribution in [0.2, 0.25) is 0 Å². The van der Waals surface area contributed by atoms with Crippen LogP contribution in [0.5, 0.6) is 0 Å². The molecule has 0 aliphatic rings. The Balaban J connectivity index is 1.89. The van der Waals surface area contributed by atoms with E-state index in [0.717, 1.165) is 10.9 Å². The Kier molecular flexibility index (Phi) is 2.53. The van der Waals surface area contributed by atoms with Crippen molar-refractivity contribution in [2.45, 2.75) is 0 Å². The molecule has 1 N–H and O–H groups in total. The van der Waals surface area contributed by atoms with Crippen LogP contribution < -0.4 is 5.32 Å². The Morgan fingerprint density at radius 1 is 1.06 bits per heavy atom. The van der Waals surface area contributed by atoms with Crippen LogP contribution in [-0.2, 0) is 0 Å². The van der Waals surface area contributed by atoms with Crippen LogP contribution in [0, 0.1) is 0 Å². The first-order valence-corrected chi connectivity index (χ1v) is 5.53. The van der Waals surface area contributed by atoms with Crippen molar-refractivity contribution in [1.29, 1.82) is 0 Å². The molecule has 0 saturated carbocycles. The van der Waals surface area contributed by atoms with Gasteiger partial charge in [-0.05, 0) is 30.3 Å². The molecule has 2 aromatic heterocycles. The number of hydrogen-bond donors (Lipinski definition) is 1. The predicted molar refractivity (Wildman–Crippen MR) is 68.4 cm³/mol. The van der Waals surface area contributed by atoms with Crippen LogP contribution in [0.4, 0.5) is 5.82 Å². The number of pyridine rings is 1. The van der Waals surface area contributed by atoms with Gasteiger partial charge in [-0.2, -0.15) is 0 Å². The summed E-state index contributed by atoms with van der Waals surface area (Å²) in [7, 11) is 0. The summed E-state index contributed by atoms with van der Waals surface area (Å²) < 4.78 is 5.02. The molecule has 0 spiro atoms. The highest BCUT2D eigenvalue weighted by molar-refractivity contribution is 6.02. The van der Waals surface area contributed by atoms with Crippen molar-refractivity contribution in [3.8, 4) is 0 Å². The summed E-state index contributed by atoms with van der Waals surface area (Å²) >= 11 is 0. The van der Waals surface area contributed by atoms with Crippen molar-refractivity contribution in [2.24, 2.45) is 0 Å². The standard InChI is InChI=1S/C14H10N2O2/c17-14(12-6-3-9-18-12)16-13-8-7-10-4-1-2-5-11(10)15-13/h1-9H,(H,15,16,17). The smallest absolute Gasteiger partial charge is 0.292 e. The fraction of sp³-hybridized carbons (Fsp3) is 0. The molecule has 0 unspecified atom stereocenters. The van der Waals surface area contributed by atoms with E-state index in [2.05, 4.69) is 10.3 Å². The summed E-state index contributed by atoms with van der Waals surface area (Å²) in [4.78, 5) is 16.1. The molecular weight excluding hydrogens is 228 g/mol. The van der Waals surface area contributed by atoms with E-state index in [-0.39, 0.29) is 11.7 Å². The molecule has 3 rings (SSSR count). The maximum Gasteiger partial charge on any atom is 0.292 e. The van der Waals surface area contributed by atoms with Crippen LogP contribution >= 0.6 is 0 Å². The molecule has 0 radical (unpaired) electrons. The molecule has 0 atom stereocenters. The van der Waals surface area contributed by atoms with Gasteiger partial charge in [0.2, 0.25) is 0 Å². The van der Waals surface area contributed by atoms with Gasteiger partial charge in [0, 0.05) is 5.39 Å². The van der Waals surface area contributed by atoms with Crippen LogP contribution in [0.15, 0.2) is 59.2 Å². The summed E-state index contributed by atoms with van der Waals surface area (Å²) in [5.41, 5.74) is 0.842. The van der Waals surface area contributed by atoms with Gasteiger partial charge in [0.25, 0.3) is 5.91 Å². The number of nitrogens with zero attached hydrogens (tertiary/aromatic N) is 1. The maximum atomic E-state index is 11.8. The Labute approximate surface area is 103 Å². The minimum Gasteiger partial charge on any atom is -0.459 e. The molecule has 88 valence electrons. The molecule has 0 aliphatic heterocycles. The lowest BCUT2D eigenvalue weighted by Gasteiger charge is -2.03. The Morgan fingerprint density at radius 2 is 1.94 bits per heavy atom. The van der Waals surface area contributed by atoms with E-state index in [0.29, 0.717) is 5.82 Å². The largest absolute Gasteiger partial charge is 0.459 e. The quantitative estimate of drug-likeness (QED) is 0.746. The predicted octanol–water partition coefficient (Wildman–Crippen LogP) is 3.08. The van der Waals surface area contributed by atoms with Crippen molar-refractivity contribution in [1.82, 2.24) is 4.98 Å². The summed E-state index contributed by atoms with van der Waals surface area (Å²) in [5.74, 6) is 0.475. The number of carbonyl (C=O) groups excluding carboxylic acids is 1. The SMILES string of the molecule is O=C(Nc1ccc2ccccc2n1)c1ccco1. The number of carbonyl (C=O) groups is 1. The monoisotopic (exact) mass is 238 g/mol. The van der Waals surface area contributed by atoms with Gasteiger partial charge >= 0.3 is 0 Å². The fourth-order valence-electron chi connectivity index (χ4n) is 1.72. The lowest BCUT2D eigenvalue weighted by molar-refractivity contribution is 0.0996. The number of nitrogens with one attached hydrogen (secondary N) is 1. The molecule has 0 bridgehead atoms.